The molecule has 0 aromatic heterocycles. The molecule has 1 rings (SSSR count). The number of halogens is 1. The lowest BCUT2D eigenvalue weighted by molar-refractivity contribution is 0.168. The van der Waals surface area contributed by atoms with Crippen molar-refractivity contribution in [1.29, 1.82) is 0 Å². The summed E-state index contributed by atoms with van der Waals surface area (Å²) < 4.78 is 3.35. The Morgan fingerprint density at radius 2 is 1.58 bits per heavy atom. The third-order valence-electron chi connectivity index (χ3n) is 3.11. The van der Waals surface area contributed by atoms with Crippen LogP contribution in [0.4, 0.5) is 0 Å². The highest BCUT2D eigenvalue weighted by Crippen LogP contribution is 2.37. The Bertz CT molecular complexity index is 131. The van der Waals surface area contributed by atoms with E-state index < -0.39 is 0 Å². The van der Waals surface area contributed by atoms with Crippen LogP contribution in [0.2, 0.25) is 0 Å². The predicted octanol–water partition coefficient (Wildman–Crippen LogP) is 3.53. The van der Waals surface area contributed by atoms with Crippen LogP contribution < -0.4 is 3.53 Å². The molecule has 1 aliphatic carbocycles. The van der Waals surface area contributed by atoms with E-state index in [1.165, 1.54) is 25.7 Å². The van der Waals surface area contributed by atoms with Gasteiger partial charge in [-0.3, -0.25) is 3.53 Å². The van der Waals surface area contributed by atoms with Crippen LogP contribution in [0.5, 0.6) is 0 Å². The molecule has 0 spiro atoms. The zero-order valence-electron chi connectivity index (χ0n) is 8.36. The van der Waals surface area contributed by atoms with Gasteiger partial charge < -0.3 is 0 Å². The average molecular weight is 281 g/mol. The lowest BCUT2D eigenvalue weighted by Crippen LogP contribution is -2.31. The van der Waals surface area contributed by atoms with Gasteiger partial charge in [-0.1, -0.05) is 20.8 Å². The third kappa shape index (κ3) is 2.87. The number of hydrogen-bond donors (Lipinski definition) is 1. The minimum absolute atomic E-state index is 0.524. The molecule has 0 bridgehead atoms. The van der Waals surface area contributed by atoms with Crippen LogP contribution in [0.3, 0.4) is 0 Å². The van der Waals surface area contributed by atoms with E-state index in [4.69, 9.17) is 0 Å². The average Bonchev–Trinajstić information content (AvgIpc) is 2.03. The van der Waals surface area contributed by atoms with E-state index in [-0.39, 0.29) is 0 Å². The predicted molar refractivity (Wildman–Crippen MR) is 62.4 cm³/mol. The van der Waals surface area contributed by atoms with Gasteiger partial charge in [0, 0.05) is 28.9 Å². The lowest BCUT2D eigenvalue weighted by atomic mass is 9.71. The maximum Gasteiger partial charge on any atom is 0.0172 e. The van der Waals surface area contributed by atoms with Crippen LogP contribution in [-0.2, 0) is 0 Å². The topological polar surface area (TPSA) is 12.0 Å². The molecule has 1 N–H and O–H groups in total. The van der Waals surface area contributed by atoms with Crippen LogP contribution >= 0.6 is 22.9 Å². The number of hydrogen-bond acceptors (Lipinski definition) is 1. The fourth-order valence-electron chi connectivity index (χ4n) is 2.07. The van der Waals surface area contributed by atoms with Crippen molar-refractivity contribution in [3.05, 3.63) is 0 Å². The summed E-state index contributed by atoms with van der Waals surface area (Å²) >= 11 is 2.28. The van der Waals surface area contributed by atoms with Gasteiger partial charge in [0.2, 0.25) is 0 Å². The summed E-state index contributed by atoms with van der Waals surface area (Å²) in [7, 11) is 0. The first-order chi connectivity index (χ1) is 5.54. The van der Waals surface area contributed by atoms with Crippen LogP contribution in [0.15, 0.2) is 0 Å². The molecule has 0 radical (unpaired) electrons. The second-order valence-electron chi connectivity index (χ2n) is 5.02. The van der Waals surface area contributed by atoms with Crippen LogP contribution in [0.25, 0.3) is 0 Å². The Kier molecular flexibility index (Phi) is 3.83. The van der Waals surface area contributed by atoms with Crippen molar-refractivity contribution in [2.75, 3.05) is 0 Å². The minimum atomic E-state index is 0.524. The Morgan fingerprint density at radius 1 is 1.08 bits per heavy atom. The van der Waals surface area contributed by atoms with Gasteiger partial charge in [-0.05, 0) is 37.0 Å². The maximum atomic E-state index is 3.35. The highest BCUT2D eigenvalue weighted by atomic mass is 127. The molecule has 0 aliphatic heterocycles. The molecular weight excluding hydrogens is 261 g/mol. The van der Waals surface area contributed by atoms with Gasteiger partial charge in [-0.2, -0.15) is 0 Å². The Balaban J connectivity index is 2.36. The molecule has 1 saturated carbocycles. The van der Waals surface area contributed by atoms with E-state index in [1.54, 1.807) is 0 Å². The van der Waals surface area contributed by atoms with Crippen molar-refractivity contribution in [1.82, 2.24) is 3.53 Å². The molecule has 0 unspecified atom stereocenters. The highest BCUT2D eigenvalue weighted by molar-refractivity contribution is 14.1. The standard InChI is InChI=1S/C10H20IN/c1-10(2,3)8-4-6-9(12-11)7-5-8/h8-9,12H,4-7H2,1-3H3. The van der Waals surface area contributed by atoms with E-state index in [2.05, 4.69) is 47.2 Å². The molecule has 1 fully saturated rings. The molecule has 0 aromatic rings. The van der Waals surface area contributed by atoms with Gasteiger partial charge in [-0.25, -0.2) is 0 Å². The second-order valence-corrected chi connectivity index (χ2v) is 5.65. The summed E-state index contributed by atoms with van der Waals surface area (Å²) in [5.41, 5.74) is 0.524. The molecular formula is C10H20IN. The second kappa shape index (κ2) is 4.27. The van der Waals surface area contributed by atoms with Crippen molar-refractivity contribution in [2.45, 2.75) is 52.5 Å². The Hall–Kier alpha value is 0.690. The Labute approximate surface area is 90.2 Å². The van der Waals surface area contributed by atoms with Crippen molar-refractivity contribution in [3.63, 3.8) is 0 Å². The van der Waals surface area contributed by atoms with Gasteiger partial charge in [0.05, 0.1) is 0 Å². The van der Waals surface area contributed by atoms with E-state index in [1.807, 2.05) is 0 Å². The molecule has 12 heavy (non-hydrogen) atoms. The molecule has 72 valence electrons. The summed E-state index contributed by atoms with van der Waals surface area (Å²) in [6.45, 7) is 7.11. The van der Waals surface area contributed by atoms with E-state index >= 15 is 0 Å². The molecule has 0 saturated heterocycles. The molecule has 0 atom stereocenters. The quantitative estimate of drug-likeness (QED) is 0.572. The van der Waals surface area contributed by atoms with Crippen LogP contribution in [-0.4, -0.2) is 6.04 Å². The highest BCUT2D eigenvalue weighted by Gasteiger charge is 2.28. The monoisotopic (exact) mass is 281 g/mol. The summed E-state index contributed by atoms with van der Waals surface area (Å²) in [5, 5.41) is 0. The summed E-state index contributed by atoms with van der Waals surface area (Å²) in [4.78, 5) is 0. The molecule has 2 heteroatoms. The van der Waals surface area contributed by atoms with Crippen LogP contribution in [0, 0.1) is 11.3 Å². The zero-order valence-corrected chi connectivity index (χ0v) is 10.5. The molecule has 1 nitrogen and oxygen atoms in total. The normalized spacial score (nSPS) is 32.0. The first-order valence-electron chi connectivity index (χ1n) is 4.90. The molecule has 0 aromatic carbocycles. The van der Waals surface area contributed by atoms with Gasteiger partial charge in [0.25, 0.3) is 0 Å². The smallest absolute Gasteiger partial charge is 0.0172 e. The van der Waals surface area contributed by atoms with E-state index in [9.17, 15) is 0 Å². The molecule has 0 amide bonds. The summed E-state index contributed by atoms with van der Waals surface area (Å²) in [5.74, 6) is 0.943. The SMILES string of the molecule is CC(C)(C)C1CCC(NI)CC1. The maximum absolute atomic E-state index is 3.35. The van der Waals surface area contributed by atoms with Gasteiger partial charge in [-0.15, -0.1) is 0 Å². The first-order valence-corrected chi connectivity index (χ1v) is 5.98. The van der Waals surface area contributed by atoms with Gasteiger partial charge >= 0.3 is 0 Å². The zero-order chi connectivity index (χ0) is 9.19. The van der Waals surface area contributed by atoms with Crippen molar-refractivity contribution in [3.8, 4) is 0 Å². The summed E-state index contributed by atoms with van der Waals surface area (Å²) in [6.07, 6.45) is 5.55. The van der Waals surface area contributed by atoms with Crippen molar-refractivity contribution in [2.24, 2.45) is 11.3 Å². The molecule has 0 heterocycles. The van der Waals surface area contributed by atoms with Gasteiger partial charge in [0.1, 0.15) is 0 Å². The number of nitrogens with one attached hydrogen (secondary N) is 1. The first kappa shape index (κ1) is 10.8. The molecule has 1 aliphatic rings. The van der Waals surface area contributed by atoms with Crippen molar-refractivity contribution < 1.29 is 0 Å². The van der Waals surface area contributed by atoms with Gasteiger partial charge in [0.15, 0.2) is 0 Å². The van der Waals surface area contributed by atoms with E-state index in [0.29, 0.717) is 5.41 Å². The van der Waals surface area contributed by atoms with Crippen molar-refractivity contribution >= 4 is 22.9 Å². The fraction of sp³-hybridized carbons (Fsp3) is 1.00. The van der Waals surface area contributed by atoms with Crippen LogP contribution in [0.1, 0.15) is 46.5 Å². The lowest BCUT2D eigenvalue weighted by Gasteiger charge is -2.36. The summed E-state index contributed by atoms with van der Waals surface area (Å²) in [6, 6.07) is 0.782. The minimum Gasteiger partial charge on any atom is -0.258 e. The van der Waals surface area contributed by atoms with E-state index in [0.717, 1.165) is 12.0 Å². The largest absolute Gasteiger partial charge is 0.258 e. The number of rotatable bonds is 1. The Morgan fingerprint density at radius 3 is 1.92 bits per heavy atom. The fourth-order valence-corrected chi connectivity index (χ4v) is 2.69. The third-order valence-corrected chi connectivity index (χ3v) is 3.99.